The molecule has 3 atom stereocenters. The molecule has 0 spiro atoms. The summed E-state index contributed by atoms with van der Waals surface area (Å²) in [6, 6.07) is 28.8. The number of carboxylic acids is 1. The van der Waals surface area contributed by atoms with Gasteiger partial charge in [-0.3, -0.25) is 19.9 Å². The van der Waals surface area contributed by atoms with Crippen LogP contribution in [0.5, 0.6) is 0 Å². The Labute approximate surface area is 280 Å². The van der Waals surface area contributed by atoms with E-state index >= 15 is 0 Å². The van der Waals surface area contributed by atoms with Crippen LogP contribution in [0.25, 0.3) is 0 Å². The summed E-state index contributed by atoms with van der Waals surface area (Å²) in [7, 11) is 0. The number of aliphatic imine (C=N–C) groups is 3. The summed E-state index contributed by atoms with van der Waals surface area (Å²) >= 11 is 3.40. The van der Waals surface area contributed by atoms with Crippen LogP contribution >= 0.6 is 15.9 Å². The van der Waals surface area contributed by atoms with Crippen molar-refractivity contribution in [1.29, 1.82) is 0 Å². The Kier molecular flexibility index (Phi) is 10.3. The topological polar surface area (TPSA) is 124 Å². The van der Waals surface area contributed by atoms with Crippen molar-refractivity contribution in [2.24, 2.45) is 15.0 Å². The summed E-state index contributed by atoms with van der Waals surface area (Å²) in [5.41, 5.74) is 3.90. The van der Waals surface area contributed by atoms with Crippen molar-refractivity contribution in [2.45, 2.75) is 37.5 Å². The number of benzene rings is 4. The molecule has 0 bridgehead atoms. The number of halogens is 1. The summed E-state index contributed by atoms with van der Waals surface area (Å²) in [4.78, 5) is 28.5. The third kappa shape index (κ3) is 6.93. The smallest absolute Gasteiger partial charge is 0.861 e. The maximum atomic E-state index is 13.7. The van der Waals surface area contributed by atoms with Gasteiger partial charge in [-0.2, -0.15) is 0 Å². The molecule has 8 nitrogen and oxygen atoms in total. The zero-order chi connectivity index (χ0) is 30.6. The monoisotopic (exact) mass is 706 g/mol. The average Bonchev–Trinajstić information content (AvgIpc) is 3.63. The molecule has 0 aliphatic carbocycles. The molecule has 4 aromatic carbocycles. The van der Waals surface area contributed by atoms with E-state index in [0.29, 0.717) is 51.1 Å². The van der Waals surface area contributed by atoms with Gasteiger partial charge in [0.1, 0.15) is 6.04 Å². The van der Waals surface area contributed by atoms with Gasteiger partial charge in [0.05, 0.1) is 11.4 Å². The van der Waals surface area contributed by atoms with Gasteiger partial charge in [0.15, 0.2) is 6.04 Å². The SMILES string of the molecule is O=C(O)C(N=C(c1ccccc1)c1ccccc1N=C([O-])C1CCCN1Cc1ccccc1)C1N=C([O-])c2c(Br)cccc21.[Ni+2]. The van der Waals surface area contributed by atoms with Crippen molar-refractivity contribution in [3.05, 3.63) is 135 Å². The van der Waals surface area contributed by atoms with Crippen LogP contribution in [0.1, 0.15) is 46.7 Å². The Balaban J connectivity index is 0.00000400. The molecule has 0 aromatic heterocycles. The maximum Gasteiger partial charge on any atom is 2.00 e. The Bertz CT molecular complexity index is 1760. The van der Waals surface area contributed by atoms with Crippen LogP contribution in [0.4, 0.5) is 5.69 Å². The summed E-state index contributed by atoms with van der Waals surface area (Å²) in [5.74, 6) is -1.96. The van der Waals surface area contributed by atoms with E-state index in [4.69, 9.17) is 4.99 Å². The molecule has 2 aliphatic heterocycles. The van der Waals surface area contributed by atoms with E-state index in [1.807, 2.05) is 48.5 Å². The molecule has 0 amide bonds. The van der Waals surface area contributed by atoms with Crippen LogP contribution in [-0.2, 0) is 27.8 Å². The Hall–Kier alpha value is -4.11. The number of rotatable bonds is 9. The van der Waals surface area contributed by atoms with Gasteiger partial charge in [0, 0.05) is 33.7 Å². The normalized spacial score (nSPS) is 19.0. The summed E-state index contributed by atoms with van der Waals surface area (Å²) < 4.78 is 0.554. The van der Waals surface area contributed by atoms with Gasteiger partial charge >= 0.3 is 22.5 Å². The van der Waals surface area contributed by atoms with E-state index in [1.54, 1.807) is 42.5 Å². The van der Waals surface area contributed by atoms with Crippen LogP contribution in [0.3, 0.4) is 0 Å². The third-order valence-corrected chi connectivity index (χ3v) is 8.63. The minimum absolute atomic E-state index is 0. The molecular weight excluding hydrogens is 679 g/mol. The van der Waals surface area contributed by atoms with Gasteiger partial charge in [-0.1, -0.05) is 107 Å². The molecule has 2 heterocycles. The number of carboxylic acid groups (broad SMARTS) is 1. The molecule has 1 N–H and O–H groups in total. The number of fused-ring (bicyclic) bond motifs is 1. The second kappa shape index (κ2) is 14.3. The second-order valence-corrected chi connectivity index (χ2v) is 11.6. The van der Waals surface area contributed by atoms with E-state index in [-0.39, 0.29) is 28.4 Å². The second-order valence-electron chi connectivity index (χ2n) is 10.8. The Morgan fingerprint density at radius 1 is 0.978 bits per heavy atom. The fourth-order valence-corrected chi connectivity index (χ4v) is 6.44. The summed E-state index contributed by atoms with van der Waals surface area (Å²) in [5, 5.41) is 36.9. The van der Waals surface area contributed by atoms with Gasteiger partial charge in [0.2, 0.25) is 0 Å². The van der Waals surface area contributed by atoms with Crippen molar-refractivity contribution in [3.8, 4) is 0 Å². The average molecular weight is 708 g/mol. The van der Waals surface area contributed by atoms with E-state index in [1.165, 1.54) is 0 Å². The van der Waals surface area contributed by atoms with Crippen molar-refractivity contribution < 1.29 is 36.6 Å². The van der Waals surface area contributed by atoms with Gasteiger partial charge in [-0.05, 0) is 54.4 Å². The molecule has 2 aliphatic rings. The number of aliphatic carboxylic acids is 1. The van der Waals surface area contributed by atoms with Crippen LogP contribution in [-0.4, -0.2) is 52.1 Å². The number of para-hydroxylation sites is 1. The zero-order valence-corrected chi connectivity index (χ0v) is 26.6. The fourth-order valence-electron chi connectivity index (χ4n) is 5.89. The van der Waals surface area contributed by atoms with E-state index in [2.05, 4.69) is 42.9 Å². The fraction of sp³-hybridized carbons (Fsp3) is 0.200. The molecule has 10 heteroatoms. The molecule has 6 rings (SSSR count). The minimum atomic E-state index is -1.40. The number of nitrogens with zero attached hydrogens (tertiary/aromatic N) is 4. The van der Waals surface area contributed by atoms with Crippen molar-refractivity contribution >= 4 is 45.1 Å². The molecule has 4 aromatic rings. The Morgan fingerprint density at radius 2 is 1.67 bits per heavy atom. The molecule has 45 heavy (non-hydrogen) atoms. The van der Waals surface area contributed by atoms with Crippen LogP contribution in [0.2, 0.25) is 0 Å². The summed E-state index contributed by atoms with van der Waals surface area (Å²) in [6.07, 6.45) is 1.61. The number of carbonyl (C=O) groups is 1. The zero-order valence-electron chi connectivity index (χ0n) is 24.0. The largest absolute Gasteiger partial charge is 2.00 e. The first-order valence-electron chi connectivity index (χ1n) is 14.4. The first-order chi connectivity index (χ1) is 21.4. The van der Waals surface area contributed by atoms with E-state index < -0.39 is 24.0 Å². The minimum Gasteiger partial charge on any atom is -0.861 e. The summed E-state index contributed by atoms with van der Waals surface area (Å²) in [6.45, 7) is 1.47. The number of likely N-dealkylation sites (tertiary alicyclic amines) is 1. The molecular formula is C35H29BrN4NiO4. The number of hydrogen-bond donors (Lipinski definition) is 1. The quantitative estimate of drug-likeness (QED) is 0.154. The maximum absolute atomic E-state index is 13.7. The van der Waals surface area contributed by atoms with Crippen molar-refractivity contribution in [2.75, 3.05) is 6.54 Å². The molecule has 3 unspecified atom stereocenters. The molecule has 230 valence electrons. The molecule has 1 saturated heterocycles. The van der Waals surface area contributed by atoms with Crippen LogP contribution < -0.4 is 10.2 Å². The predicted molar refractivity (Wildman–Crippen MR) is 170 cm³/mol. The van der Waals surface area contributed by atoms with Gasteiger partial charge in [0.25, 0.3) is 0 Å². The van der Waals surface area contributed by atoms with E-state index in [9.17, 15) is 20.1 Å². The van der Waals surface area contributed by atoms with Crippen LogP contribution in [0, 0.1) is 0 Å². The molecule has 0 saturated carbocycles. The third-order valence-electron chi connectivity index (χ3n) is 7.97. The predicted octanol–water partition coefficient (Wildman–Crippen LogP) is 4.65. The van der Waals surface area contributed by atoms with E-state index in [0.717, 1.165) is 18.5 Å². The van der Waals surface area contributed by atoms with Gasteiger partial charge < -0.3 is 15.3 Å². The van der Waals surface area contributed by atoms with Gasteiger partial charge in [-0.25, -0.2) is 4.79 Å². The Morgan fingerprint density at radius 3 is 2.40 bits per heavy atom. The first kappa shape index (κ1) is 32.3. The molecule has 1 fully saturated rings. The van der Waals surface area contributed by atoms with Crippen molar-refractivity contribution in [3.63, 3.8) is 0 Å². The molecule has 0 radical (unpaired) electrons. The van der Waals surface area contributed by atoms with Gasteiger partial charge in [-0.15, -0.1) is 0 Å². The number of hydrogen-bond acceptors (Lipinski definition) is 7. The van der Waals surface area contributed by atoms with Crippen molar-refractivity contribution in [1.82, 2.24) is 4.90 Å². The first-order valence-corrected chi connectivity index (χ1v) is 15.2. The van der Waals surface area contributed by atoms with Crippen LogP contribution in [0.15, 0.2) is 123 Å². The standard InChI is InChI=1S/C35H31BrN4O4.Ni/c36-26-17-9-16-25-29(26)34(42)39-31(25)32(35(43)44)38-30(23-13-5-2-6-14-23)24-15-7-8-18-27(24)37-33(41)28-19-10-20-40(28)21-22-11-3-1-4-12-22;/h1-9,11-18,28,31-32H,10,19-21H2,(H,37,41)(H,39,42)(H,43,44);/q;+2/p-2.